The zero-order chi connectivity index (χ0) is 14.3. The van der Waals surface area contributed by atoms with E-state index in [1.807, 2.05) is 0 Å². The normalized spacial score (nSPS) is 11.7. The monoisotopic (exact) mass is 288 g/mol. The average molecular weight is 288 g/mol. The first-order chi connectivity index (χ1) is 8.97. The van der Waals surface area contributed by atoms with Gasteiger partial charge in [-0.05, 0) is 30.7 Å². The van der Waals surface area contributed by atoms with Crippen molar-refractivity contribution in [2.75, 3.05) is 39.2 Å². The molecule has 1 aromatic rings. The highest BCUT2D eigenvalue weighted by molar-refractivity contribution is 7.89. The summed E-state index contributed by atoms with van der Waals surface area (Å²) in [5.41, 5.74) is 6.96. The van der Waals surface area contributed by atoms with Gasteiger partial charge in [-0.15, -0.1) is 0 Å². The number of hydrogen-bond acceptors (Lipinski definition) is 5. The first-order valence-electron chi connectivity index (χ1n) is 5.90. The Morgan fingerprint density at radius 3 is 2.63 bits per heavy atom. The minimum atomic E-state index is -3.51. The molecule has 1 aromatic carbocycles. The van der Waals surface area contributed by atoms with Gasteiger partial charge in [0.05, 0.1) is 24.7 Å². The SMILES string of the molecule is COCCOCCNS(=O)(=O)c1ccc(N)c(C)c1. The van der Waals surface area contributed by atoms with Gasteiger partial charge in [-0.3, -0.25) is 0 Å². The summed E-state index contributed by atoms with van der Waals surface area (Å²) in [6.45, 7) is 3.22. The Labute approximate surface area is 113 Å². The van der Waals surface area contributed by atoms with Crippen molar-refractivity contribution in [1.82, 2.24) is 4.72 Å². The number of nitrogens with one attached hydrogen (secondary N) is 1. The van der Waals surface area contributed by atoms with Gasteiger partial charge in [-0.1, -0.05) is 0 Å². The van der Waals surface area contributed by atoms with E-state index in [0.29, 0.717) is 25.5 Å². The molecular formula is C12H20N2O4S. The third-order valence-electron chi connectivity index (χ3n) is 2.52. The number of nitrogens with two attached hydrogens (primary N) is 1. The zero-order valence-electron chi connectivity index (χ0n) is 11.2. The van der Waals surface area contributed by atoms with Crippen LogP contribution >= 0.6 is 0 Å². The molecule has 0 bridgehead atoms. The van der Waals surface area contributed by atoms with Crippen LogP contribution in [0.5, 0.6) is 0 Å². The van der Waals surface area contributed by atoms with E-state index < -0.39 is 10.0 Å². The van der Waals surface area contributed by atoms with Crippen LogP contribution < -0.4 is 10.5 Å². The van der Waals surface area contributed by atoms with E-state index in [1.54, 1.807) is 26.2 Å². The van der Waals surface area contributed by atoms with Crippen LogP contribution in [0.25, 0.3) is 0 Å². The maximum atomic E-state index is 12.0. The Hall–Kier alpha value is -1.15. The number of sulfonamides is 1. The van der Waals surface area contributed by atoms with Crippen LogP contribution in [-0.2, 0) is 19.5 Å². The summed E-state index contributed by atoms with van der Waals surface area (Å²) in [6.07, 6.45) is 0. The van der Waals surface area contributed by atoms with Crippen molar-refractivity contribution in [2.45, 2.75) is 11.8 Å². The van der Waals surface area contributed by atoms with Gasteiger partial charge in [0.1, 0.15) is 0 Å². The molecule has 0 saturated heterocycles. The smallest absolute Gasteiger partial charge is 0.240 e. The Balaban J connectivity index is 2.49. The summed E-state index contributed by atoms with van der Waals surface area (Å²) in [5, 5.41) is 0. The van der Waals surface area contributed by atoms with Gasteiger partial charge in [0.25, 0.3) is 0 Å². The third kappa shape index (κ3) is 5.15. The fraction of sp³-hybridized carbons (Fsp3) is 0.500. The van der Waals surface area contributed by atoms with E-state index >= 15 is 0 Å². The number of benzene rings is 1. The molecule has 0 aromatic heterocycles. The number of rotatable bonds is 8. The summed E-state index contributed by atoms with van der Waals surface area (Å²) in [6, 6.07) is 4.61. The maximum Gasteiger partial charge on any atom is 0.240 e. The van der Waals surface area contributed by atoms with Crippen LogP contribution in [-0.4, -0.2) is 41.9 Å². The van der Waals surface area contributed by atoms with E-state index in [9.17, 15) is 8.42 Å². The molecule has 7 heteroatoms. The van der Waals surface area contributed by atoms with Crippen molar-refractivity contribution in [1.29, 1.82) is 0 Å². The molecule has 0 saturated carbocycles. The fourth-order valence-corrected chi connectivity index (χ4v) is 2.49. The lowest BCUT2D eigenvalue weighted by atomic mass is 10.2. The molecular weight excluding hydrogens is 268 g/mol. The molecule has 0 aliphatic heterocycles. The van der Waals surface area contributed by atoms with Crippen molar-refractivity contribution >= 4 is 15.7 Å². The minimum absolute atomic E-state index is 0.205. The van der Waals surface area contributed by atoms with Gasteiger partial charge < -0.3 is 15.2 Å². The third-order valence-corrected chi connectivity index (χ3v) is 3.98. The molecule has 0 aliphatic rings. The Morgan fingerprint density at radius 2 is 2.00 bits per heavy atom. The van der Waals surface area contributed by atoms with Crippen LogP contribution in [0.4, 0.5) is 5.69 Å². The van der Waals surface area contributed by atoms with Crippen molar-refractivity contribution in [2.24, 2.45) is 0 Å². The second-order valence-electron chi connectivity index (χ2n) is 4.02. The molecule has 108 valence electrons. The largest absolute Gasteiger partial charge is 0.399 e. The highest BCUT2D eigenvalue weighted by atomic mass is 32.2. The highest BCUT2D eigenvalue weighted by Gasteiger charge is 2.13. The topological polar surface area (TPSA) is 90.6 Å². The van der Waals surface area contributed by atoms with E-state index in [1.165, 1.54) is 6.07 Å². The fourth-order valence-electron chi connectivity index (χ4n) is 1.39. The van der Waals surface area contributed by atoms with Gasteiger partial charge in [-0.25, -0.2) is 13.1 Å². The second-order valence-corrected chi connectivity index (χ2v) is 5.79. The zero-order valence-corrected chi connectivity index (χ0v) is 12.0. The van der Waals surface area contributed by atoms with Crippen LogP contribution in [0.3, 0.4) is 0 Å². The quantitative estimate of drug-likeness (QED) is 0.537. The van der Waals surface area contributed by atoms with Crippen molar-refractivity contribution in [3.63, 3.8) is 0 Å². The number of aryl methyl sites for hydroxylation is 1. The lowest BCUT2D eigenvalue weighted by Gasteiger charge is -2.09. The predicted molar refractivity (Wildman–Crippen MR) is 73.5 cm³/mol. The molecule has 1 rings (SSSR count). The van der Waals surface area contributed by atoms with E-state index in [-0.39, 0.29) is 11.4 Å². The Bertz CT molecular complexity index is 502. The molecule has 6 nitrogen and oxygen atoms in total. The first-order valence-corrected chi connectivity index (χ1v) is 7.38. The molecule has 0 unspecified atom stereocenters. The molecule has 0 heterocycles. The van der Waals surface area contributed by atoms with Crippen LogP contribution in [0, 0.1) is 6.92 Å². The van der Waals surface area contributed by atoms with Gasteiger partial charge >= 0.3 is 0 Å². The summed E-state index contributed by atoms with van der Waals surface area (Å²) >= 11 is 0. The van der Waals surface area contributed by atoms with E-state index in [0.717, 1.165) is 5.56 Å². The summed E-state index contributed by atoms with van der Waals surface area (Å²) in [5.74, 6) is 0. The number of nitrogen functional groups attached to an aromatic ring is 1. The molecule has 0 atom stereocenters. The molecule has 0 amide bonds. The van der Waals surface area contributed by atoms with Crippen LogP contribution in [0.1, 0.15) is 5.56 Å². The molecule has 19 heavy (non-hydrogen) atoms. The lowest BCUT2D eigenvalue weighted by Crippen LogP contribution is -2.28. The summed E-state index contributed by atoms with van der Waals surface area (Å²) in [4.78, 5) is 0.205. The van der Waals surface area contributed by atoms with Crippen molar-refractivity contribution in [3.8, 4) is 0 Å². The average Bonchev–Trinajstić information content (AvgIpc) is 2.36. The Kier molecular flexibility index (Phi) is 6.23. The maximum absolute atomic E-state index is 12.0. The number of anilines is 1. The predicted octanol–water partition coefficient (Wildman–Crippen LogP) is 0.519. The number of ether oxygens (including phenoxy) is 2. The summed E-state index contributed by atoms with van der Waals surface area (Å²) in [7, 11) is -1.93. The Morgan fingerprint density at radius 1 is 1.26 bits per heavy atom. The second kappa shape index (κ2) is 7.44. The van der Waals surface area contributed by atoms with Gasteiger partial charge in [0.15, 0.2) is 0 Å². The van der Waals surface area contributed by atoms with Crippen molar-refractivity contribution in [3.05, 3.63) is 23.8 Å². The molecule has 0 aliphatic carbocycles. The highest BCUT2D eigenvalue weighted by Crippen LogP contribution is 2.16. The standard InChI is InChI=1S/C12H20N2O4S/c1-10-9-11(3-4-12(10)13)19(15,16)14-5-6-18-8-7-17-2/h3-4,9,14H,5-8,13H2,1-2H3. The van der Waals surface area contributed by atoms with Crippen LogP contribution in [0.2, 0.25) is 0 Å². The first kappa shape index (κ1) is 15.9. The van der Waals surface area contributed by atoms with Crippen LogP contribution in [0.15, 0.2) is 23.1 Å². The molecule has 0 radical (unpaired) electrons. The summed E-state index contributed by atoms with van der Waals surface area (Å²) < 4.78 is 36.4. The van der Waals surface area contributed by atoms with Gasteiger partial charge in [0, 0.05) is 19.3 Å². The number of methoxy groups -OCH3 is 1. The minimum Gasteiger partial charge on any atom is -0.399 e. The molecule has 3 N–H and O–H groups in total. The van der Waals surface area contributed by atoms with Gasteiger partial charge in [0.2, 0.25) is 10.0 Å². The van der Waals surface area contributed by atoms with Crippen molar-refractivity contribution < 1.29 is 17.9 Å². The van der Waals surface area contributed by atoms with E-state index in [2.05, 4.69) is 4.72 Å². The lowest BCUT2D eigenvalue weighted by molar-refractivity contribution is 0.0736. The van der Waals surface area contributed by atoms with E-state index in [4.69, 9.17) is 15.2 Å². The molecule has 0 fully saturated rings. The number of hydrogen-bond donors (Lipinski definition) is 2. The molecule has 0 spiro atoms. The van der Waals surface area contributed by atoms with Gasteiger partial charge in [-0.2, -0.15) is 0 Å².